The Balaban J connectivity index is 1.80. The van der Waals surface area contributed by atoms with Gasteiger partial charge in [-0.2, -0.15) is 0 Å². The number of ether oxygens (including phenoxy) is 2. The van der Waals surface area contributed by atoms with Crippen LogP contribution >= 0.6 is 0 Å². The molecule has 0 amide bonds. The Morgan fingerprint density at radius 1 is 1.12 bits per heavy atom. The van der Waals surface area contributed by atoms with E-state index in [1.165, 1.54) is 18.4 Å². The van der Waals surface area contributed by atoms with Gasteiger partial charge in [0.2, 0.25) is 0 Å². The van der Waals surface area contributed by atoms with Crippen LogP contribution < -0.4 is 9.47 Å². The van der Waals surface area contributed by atoms with Crippen molar-refractivity contribution in [3.8, 4) is 22.6 Å². The van der Waals surface area contributed by atoms with Crippen LogP contribution in [0.5, 0.6) is 11.5 Å². The number of methoxy groups -OCH3 is 1. The molecule has 0 bridgehead atoms. The van der Waals surface area contributed by atoms with Crippen molar-refractivity contribution in [3.05, 3.63) is 48.0 Å². The van der Waals surface area contributed by atoms with Gasteiger partial charge in [-0.15, -0.1) is 0 Å². The zero-order chi connectivity index (χ0) is 18.4. The summed E-state index contributed by atoms with van der Waals surface area (Å²) in [5.41, 5.74) is 3.42. The monoisotopic (exact) mass is 354 g/mol. The maximum atomic E-state index is 9.61. The average molecular weight is 354 g/mol. The minimum Gasteiger partial charge on any atom is -0.493 e. The van der Waals surface area contributed by atoms with Crippen molar-refractivity contribution in [2.24, 2.45) is 0 Å². The third-order valence-electron chi connectivity index (χ3n) is 4.84. The predicted octanol–water partition coefficient (Wildman–Crippen LogP) is 4.53. The fourth-order valence-electron chi connectivity index (χ4n) is 3.31. The molecule has 0 spiro atoms. The molecule has 26 heavy (non-hydrogen) atoms. The summed E-state index contributed by atoms with van der Waals surface area (Å²) < 4.78 is 16.7. The Hall–Kier alpha value is -1.98. The summed E-state index contributed by atoms with van der Waals surface area (Å²) >= 11 is 0. The lowest BCUT2D eigenvalue weighted by Crippen LogP contribution is -2.07. The highest BCUT2D eigenvalue weighted by molar-refractivity contribution is 6.43. The second-order valence-corrected chi connectivity index (χ2v) is 6.77. The highest BCUT2D eigenvalue weighted by atomic mass is 16.5. The SMILES string of the molecule is CCCCCOc1cc(-c2cccc(C3COB(O)C3)c2)ccc1OC. The largest absolute Gasteiger partial charge is 0.493 e. The van der Waals surface area contributed by atoms with E-state index in [1.807, 2.05) is 12.1 Å². The average Bonchev–Trinajstić information content (AvgIpc) is 3.11. The lowest BCUT2D eigenvalue weighted by Gasteiger charge is -2.14. The second-order valence-electron chi connectivity index (χ2n) is 6.77. The first-order valence-corrected chi connectivity index (χ1v) is 9.42. The van der Waals surface area contributed by atoms with Crippen LogP contribution in [-0.2, 0) is 4.65 Å². The second kappa shape index (κ2) is 9.10. The minimum absolute atomic E-state index is 0.243. The van der Waals surface area contributed by atoms with E-state index >= 15 is 0 Å². The van der Waals surface area contributed by atoms with Gasteiger partial charge in [0.25, 0.3) is 0 Å². The van der Waals surface area contributed by atoms with E-state index in [-0.39, 0.29) is 5.92 Å². The van der Waals surface area contributed by atoms with Crippen molar-refractivity contribution in [1.29, 1.82) is 0 Å². The Bertz CT molecular complexity index is 719. The number of benzene rings is 2. The molecule has 3 rings (SSSR count). The molecule has 1 saturated heterocycles. The maximum absolute atomic E-state index is 9.61. The van der Waals surface area contributed by atoms with Crippen LogP contribution in [0.3, 0.4) is 0 Å². The topological polar surface area (TPSA) is 47.9 Å². The van der Waals surface area contributed by atoms with E-state index in [2.05, 4.69) is 37.3 Å². The molecule has 1 N–H and O–H groups in total. The van der Waals surface area contributed by atoms with Gasteiger partial charge < -0.3 is 19.2 Å². The van der Waals surface area contributed by atoms with Crippen molar-refractivity contribution in [2.75, 3.05) is 20.3 Å². The Morgan fingerprint density at radius 3 is 2.69 bits per heavy atom. The highest BCUT2D eigenvalue weighted by Crippen LogP contribution is 2.35. The van der Waals surface area contributed by atoms with Crippen LogP contribution in [0.25, 0.3) is 11.1 Å². The first-order chi connectivity index (χ1) is 12.7. The highest BCUT2D eigenvalue weighted by Gasteiger charge is 2.29. The summed E-state index contributed by atoms with van der Waals surface area (Å²) in [5, 5.41) is 9.61. The fourth-order valence-corrected chi connectivity index (χ4v) is 3.31. The standard InChI is InChI=1S/C21H27BO4/c1-3-4-5-11-25-21-13-18(9-10-20(21)24-2)16-7-6-8-17(12-16)19-14-22(23)26-15-19/h6-10,12-13,19,23H,3-5,11,14-15H2,1-2H3. The summed E-state index contributed by atoms with van der Waals surface area (Å²) in [6.45, 7) is 3.45. The zero-order valence-corrected chi connectivity index (χ0v) is 15.6. The molecule has 1 aliphatic rings. The quantitative estimate of drug-likeness (QED) is 0.559. The molecule has 138 valence electrons. The van der Waals surface area contributed by atoms with Gasteiger partial charge in [-0.25, -0.2) is 0 Å². The van der Waals surface area contributed by atoms with Crippen LogP contribution in [0.15, 0.2) is 42.5 Å². The van der Waals surface area contributed by atoms with Crippen molar-refractivity contribution in [1.82, 2.24) is 0 Å². The molecule has 1 heterocycles. The van der Waals surface area contributed by atoms with Crippen molar-refractivity contribution < 1.29 is 19.2 Å². The zero-order valence-electron chi connectivity index (χ0n) is 15.6. The fraction of sp³-hybridized carbons (Fsp3) is 0.429. The lowest BCUT2D eigenvalue weighted by molar-refractivity contribution is 0.286. The summed E-state index contributed by atoms with van der Waals surface area (Å²) in [7, 11) is 1.02. The third-order valence-corrected chi connectivity index (χ3v) is 4.84. The van der Waals surface area contributed by atoms with Crippen LogP contribution in [-0.4, -0.2) is 32.5 Å². The maximum Gasteiger partial charge on any atom is 0.454 e. The first kappa shape index (κ1) is 18.8. The smallest absolute Gasteiger partial charge is 0.454 e. The van der Waals surface area contributed by atoms with Crippen LogP contribution in [0, 0.1) is 0 Å². The Morgan fingerprint density at radius 2 is 1.96 bits per heavy atom. The molecule has 5 heteroatoms. The molecular formula is C21H27BO4. The van der Waals surface area contributed by atoms with Gasteiger partial charge in [0, 0.05) is 12.5 Å². The minimum atomic E-state index is -0.646. The molecule has 2 aromatic carbocycles. The number of hydrogen-bond donors (Lipinski definition) is 1. The van der Waals surface area contributed by atoms with Gasteiger partial charge in [-0.3, -0.25) is 0 Å². The summed E-state index contributed by atoms with van der Waals surface area (Å²) in [5.74, 6) is 1.79. The van der Waals surface area contributed by atoms with E-state index in [1.54, 1.807) is 7.11 Å². The van der Waals surface area contributed by atoms with Gasteiger partial charge >= 0.3 is 7.12 Å². The molecule has 1 aliphatic heterocycles. The normalized spacial score (nSPS) is 16.7. The number of unbranched alkanes of at least 4 members (excludes halogenated alkanes) is 2. The molecule has 4 nitrogen and oxygen atoms in total. The first-order valence-electron chi connectivity index (χ1n) is 9.42. The van der Waals surface area contributed by atoms with Gasteiger partial charge in [-0.1, -0.05) is 50.1 Å². The van der Waals surface area contributed by atoms with Gasteiger partial charge in [0.1, 0.15) is 0 Å². The summed E-state index contributed by atoms with van der Waals surface area (Å²) in [6.07, 6.45) is 4.04. The molecule has 1 atom stereocenters. The van der Waals surface area contributed by atoms with Crippen LogP contribution in [0.4, 0.5) is 0 Å². The van der Waals surface area contributed by atoms with E-state index in [4.69, 9.17) is 14.1 Å². The van der Waals surface area contributed by atoms with E-state index in [9.17, 15) is 5.02 Å². The molecule has 1 unspecified atom stereocenters. The molecule has 0 saturated carbocycles. The van der Waals surface area contributed by atoms with Gasteiger partial charge in [0.15, 0.2) is 11.5 Å². The number of hydrogen-bond acceptors (Lipinski definition) is 4. The summed E-state index contributed by atoms with van der Waals surface area (Å²) in [6, 6.07) is 14.5. The molecule has 0 radical (unpaired) electrons. The van der Waals surface area contributed by atoms with E-state index in [0.29, 0.717) is 19.5 Å². The summed E-state index contributed by atoms with van der Waals surface area (Å²) in [4.78, 5) is 0. The molecule has 2 aromatic rings. The lowest BCUT2D eigenvalue weighted by atomic mass is 9.79. The molecular weight excluding hydrogens is 327 g/mol. The van der Waals surface area contributed by atoms with Crippen molar-refractivity contribution in [2.45, 2.75) is 38.4 Å². The molecule has 0 aromatic heterocycles. The van der Waals surface area contributed by atoms with Crippen molar-refractivity contribution in [3.63, 3.8) is 0 Å². The van der Waals surface area contributed by atoms with E-state index in [0.717, 1.165) is 29.0 Å². The Labute approximate surface area is 156 Å². The van der Waals surface area contributed by atoms with Gasteiger partial charge in [0.05, 0.1) is 13.7 Å². The van der Waals surface area contributed by atoms with Gasteiger partial charge in [-0.05, 0) is 41.6 Å². The number of rotatable bonds is 8. The van der Waals surface area contributed by atoms with Crippen LogP contribution in [0.2, 0.25) is 6.32 Å². The molecule has 1 fully saturated rings. The van der Waals surface area contributed by atoms with Crippen molar-refractivity contribution >= 4 is 7.12 Å². The third kappa shape index (κ3) is 4.60. The molecule has 0 aliphatic carbocycles. The van der Waals surface area contributed by atoms with E-state index < -0.39 is 7.12 Å². The van der Waals surface area contributed by atoms with Crippen LogP contribution in [0.1, 0.15) is 37.7 Å². The predicted molar refractivity (Wildman–Crippen MR) is 105 cm³/mol. The Kier molecular flexibility index (Phi) is 6.59.